The van der Waals surface area contributed by atoms with Crippen molar-refractivity contribution in [1.82, 2.24) is 0 Å². The molecule has 0 aromatic rings. The van der Waals surface area contributed by atoms with E-state index in [0.717, 1.165) is 32.1 Å². The molecule has 6 rings (SSSR count). The summed E-state index contributed by atoms with van der Waals surface area (Å²) in [5.41, 5.74) is 1.30. The van der Waals surface area contributed by atoms with Crippen LogP contribution in [0.5, 0.6) is 0 Å². The second-order valence-corrected chi connectivity index (χ2v) is 18.9. The van der Waals surface area contributed by atoms with Gasteiger partial charge in [-0.15, -0.1) is 0 Å². The van der Waals surface area contributed by atoms with E-state index in [4.69, 9.17) is 18.9 Å². The molecule has 2 saturated heterocycles. The fourth-order valence-corrected chi connectivity index (χ4v) is 12.4. The van der Waals surface area contributed by atoms with E-state index in [0.29, 0.717) is 19.3 Å². The van der Waals surface area contributed by atoms with Crippen LogP contribution in [0.15, 0.2) is 23.8 Å². The van der Waals surface area contributed by atoms with Crippen LogP contribution in [0.25, 0.3) is 0 Å². The van der Waals surface area contributed by atoms with Crippen molar-refractivity contribution in [1.29, 1.82) is 0 Å². The Bertz CT molecular complexity index is 1340. The van der Waals surface area contributed by atoms with Gasteiger partial charge in [0.1, 0.15) is 42.7 Å². The first kappa shape index (κ1) is 41.6. The van der Waals surface area contributed by atoms with E-state index in [-0.39, 0.29) is 40.4 Å². The highest BCUT2D eigenvalue weighted by molar-refractivity contribution is 5.20. The predicted molar refractivity (Wildman–Crippen MR) is 195 cm³/mol. The molecule has 2 heterocycles. The van der Waals surface area contributed by atoms with Crippen LogP contribution in [0, 0.1) is 45.8 Å². The Morgan fingerprint density at radius 1 is 0.792 bits per heavy atom. The van der Waals surface area contributed by atoms with Gasteiger partial charge in [0, 0.05) is 0 Å². The lowest BCUT2D eigenvalue weighted by atomic mass is 9.39. The number of hydrogen-bond donors (Lipinski definition) is 8. The zero-order chi connectivity index (χ0) is 38.9. The zero-order valence-corrected chi connectivity index (χ0v) is 32.8. The number of rotatable bonds is 9. The summed E-state index contributed by atoms with van der Waals surface area (Å²) in [6.45, 7) is 18.4. The van der Waals surface area contributed by atoms with Gasteiger partial charge in [-0.05, 0) is 118 Å². The molecule has 304 valence electrons. The van der Waals surface area contributed by atoms with Crippen LogP contribution in [-0.4, -0.2) is 127 Å². The number of allylic oxidation sites excluding steroid dienone is 3. The summed E-state index contributed by atoms with van der Waals surface area (Å²) >= 11 is 0. The Kier molecular flexibility index (Phi) is 12.1. The third-order valence-corrected chi connectivity index (χ3v) is 15.2. The van der Waals surface area contributed by atoms with E-state index < -0.39 is 91.7 Å². The Morgan fingerprint density at radius 3 is 2.11 bits per heavy atom. The predicted octanol–water partition coefficient (Wildman–Crippen LogP) is 2.56. The molecule has 6 unspecified atom stereocenters. The van der Waals surface area contributed by atoms with Crippen LogP contribution in [0.1, 0.15) is 99.8 Å². The topological polar surface area (TPSA) is 199 Å². The Morgan fingerprint density at radius 2 is 1.45 bits per heavy atom. The third-order valence-electron chi connectivity index (χ3n) is 15.2. The van der Waals surface area contributed by atoms with Crippen molar-refractivity contribution in [3.8, 4) is 0 Å². The first-order valence-electron chi connectivity index (χ1n) is 20.1. The van der Waals surface area contributed by atoms with Gasteiger partial charge in [-0.1, -0.05) is 51.5 Å². The minimum absolute atomic E-state index is 0.0393. The minimum Gasteiger partial charge on any atom is -0.394 e. The molecule has 53 heavy (non-hydrogen) atoms. The molecule has 0 bridgehead atoms. The van der Waals surface area contributed by atoms with Crippen molar-refractivity contribution < 1.29 is 59.8 Å². The fourth-order valence-electron chi connectivity index (χ4n) is 12.4. The van der Waals surface area contributed by atoms with Crippen molar-refractivity contribution in [3.63, 3.8) is 0 Å². The molecule has 0 spiro atoms. The molecule has 2 aliphatic heterocycles. The van der Waals surface area contributed by atoms with Gasteiger partial charge in [0.25, 0.3) is 0 Å². The summed E-state index contributed by atoms with van der Waals surface area (Å²) in [6.07, 6.45) is -7.28. The zero-order valence-electron chi connectivity index (χ0n) is 32.8. The molecule has 12 heteroatoms. The summed E-state index contributed by atoms with van der Waals surface area (Å²) in [7, 11) is 0. The van der Waals surface area contributed by atoms with Crippen LogP contribution in [0.2, 0.25) is 0 Å². The molecule has 4 aliphatic carbocycles. The molecule has 0 aromatic carbocycles. The highest BCUT2D eigenvalue weighted by atomic mass is 16.8. The van der Waals surface area contributed by atoms with Gasteiger partial charge >= 0.3 is 0 Å². The van der Waals surface area contributed by atoms with Gasteiger partial charge in [0.15, 0.2) is 12.6 Å². The van der Waals surface area contributed by atoms with Crippen LogP contribution in [-0.2, 0) is 18.9 Å². The normalized spacial score (nSPS) is 52.2. The second kappa shape index (κ2) is 15.4. The first-order chi connectivity index (χ1) is 24.8. The highest BCUT2D eigenvalue weighted by Gasteiger charge is 2.69. The monoisotopic (exact) mass is 752 g/mol. The Balaban J connectivity index is 1.34. The summed E-state index contributed by atoms with van der Waals surface area (Å²) in [4.78, 5) is 0. The third kappa shape index (κ3) is 7.14. The van der Waals surface area contributed by atoms with Crippen LogP contribution >= 0.6 is 0 Å². The van der Waals surface area contributed by atoms with Crippen molar-refractivity contribution in [2.75, 3.05) is 6.61 Å². The van der Waals surface area contributed by atoms with Crippen LogP contribution in [0.3, 0.4) is 0 Å². The summed E-state index contributed by atoms with van der Waals surface area (Å²) < 4.78 is 25.0. The van der Waals surface area contributed by atoms with Gasteiger partial charge in [0.2, 0.25) is 0 Å². The van der Waals surface area contributed by atoms with Gasteiger partial charge in [0.05, 0.1) is 31.0 Å². The smallest absolute Gasteiger partial charge is 0.187 e. The molecule has 0 amide bonds. The molecule has 6 aliphatic rings. The number of aliphatic hydroxyl groups is 8. The summed E-state index contributed by atoms with van der Waals surface area (Å²) in [5.74, 6) is 0.341. The van der Waals surface area contributed by atoms with E-state index in [9.17, 15) is 40.9 Å². The Hall–Kier alpha value is -1.00. The minimum atomic E-state index is -1.68. The van der Waals surface area contributed by atoms with Crippen molar-refractivity contribution in [2.24, 2.45) is 45.8 Å². The van der Waals surface area contributed by atoms with Crippen molar-refractivity contribution >= 4 is 0 Å². The maximum Gasteiger partial charge on any atom is 0.187 e. The van der Waals surface area contributed by atoms with Crippen molar-refractivity contribution in [2.45, 2.75) is 180 Å². The molecule has 0 aromatic heterocycles. The average molecular weight is 753 g/mol. The molecule has 4 saturated carbocycles. The van der Waals surface area contributed by atoms with Gasteiger partial charge in [-0.25, -0.2) is 0 Å². The quantitative estimate of drug-likeness (QED) is 0.127. The van der Waals surface area contributed by atoms with E-state index in [1.54, 1.807) is 0 Å². The maximum absolute atomic E-state index is 12.1. The largest absolute Gasteiger partial charge is 0.394 e. The number of hydrogen-bond acceptors (Lipinski definition) is 12. The van der Waals surface area contributed by atoms with Crippen molar-refractivity contribution in [3.05, 3.63) is 23.8 Å². The average Bonchev–Trinajstić information content (AvgIpc) is 3.47. The highest BCUT2D eigenvalue weighted by Crippen LogP contribution is 2.71. The van der Waals surface area contributed by atoms with Crippen LogP contribution < -0.4 is 0 Å². The maximum atomic E-state index is 12.1. The van der Waals surface area contributed by atoms with Crippen LogP contribution in [0.4, 0.5) is 0 Å². The molecule has 6 fully saturated rings. The first-order valence-corrected chi connectivity index (χ1v) is 20.1. The standard InChI is InChI=1S/C41H68O12/c1-19(2)10-9-11-20(3)22-12-14-40(7)24-17-26(36-39(5,6)28(44)13-15-41(36,8)23(24)16-25(43)29(22)40)51-38-35(33(48)31(46)27(18-42)52-38)53-37-34(49)32(47)30(45)21(4)50-37/h10,21-38,42-49H,3,9,11-18H2,1-2,4-8H3/t21-,22+,23?,24?,25?,26-,27+,28-,29?,30-,31+,32+,33-,34+,35+,36?,37-,38?,40-,41+/m0/s1. The molecule has 12 nitrogen and oxygen atoms in total. The molecule has 0 radical (unpaired) electrons. The van der Waals surface area contributed by atoms with E-state index in [1.807, 2.05) is 0 Å². The fraction of sp³-hybridized carbons (Fsp3) is 0.902. The Labute approximate surface area is 315 Å². The SMILES string of the molecule is C=C(CCC=C(C)C)[C@H]1CC[C@@]2(C)C3C[C@H](OC4O[C@H](CO)[C@@H](O)[C@H](O)[C@H]4O[C@@H]4O[C@@H](C)[C@H](O)[C@@H](O)[C@H]4O)C4C(C)(C)[C@@H](O)CC[C@]4(C)C3CC(O)C12. The number of fused-ring (bicyclic) bond motifs is 5. The van der Waals surface area contributed by atoms with E-state index in [1.165, 1.54) is 18.1 Å². The van der Waals surface area contributed by atoms with Gasteiger partial charge in [-0.3, -0.25) is 0 Å². The molecule has 8 N–H and O–H groups in total. The molecular weight excluding hydrogens is 684 g/mol. The lowest BCUT2D eigenvalue weighted by molar-refractivity contribution is -0.379. The molecule has 20 atom stereocenters. The second-order valence-electron chi connectivity index (χ2n) is 18.9. The summed E-state index contributed by atoms with van der Waals surface area (Å²) in [6, 6.07) is 0. The lowest BCUT2D eigenvalue weighted by Crippen LogP contribution is -2.68. The lowest BCUT2D eigenvalue weighted by Gasteiger charge is -2.68. The molecular formula is C41H68O12. The summed E-state index contributed by atoms with van der Waals surface area (Å²) in [5, 5.41) is 87.8. The van der Waals surface area contributed by atoms with E-state index in [2.05, 4.69) is 54.2 Å². The number of aliphatic hydroxyl groups excluding tert-OH is 8. The van der Waals surface area contributed by atoms with Gasteiger partial charge < -0.3 is 59.8 Å². The van der Waals surface area contributed by atoms with E-state index >= 15 is 0 Å². The van der Waals surface area contributed by atoms with Gasteiger partial charge in [-0.2, -0.15) is 0 Å². The number of ether oxygens (including phenoxy) is 4.